The maximum Gasteiger partial charge on any atom is 0.260 e. The minimum absolute atomic E-state index is 0.0204. The van der Waals surface area contributed by atoms with Crippen LogP contribution < -0.4 is 5.23 Å². The van der Waals surface area contributed by atoms with E-state index in [0.717, 1.165) is 6.07 Å². The largest absolute Gasteiger partial charge is 0.341 e. The number of amides is 1. The van der Waals surface area contributed by atoms with Crippen molar-refractivity contribution in [3.05, 3.63) is 29.1 Å². The van der Waals surface area contributed by atoms with Crippen LogP contribution in [0.15, 0.2) is 12.1 Å². The molecule has 5 nitrogen and oxygen atoms in total. The molecule has 1 aliphatic rings. The van der Waals surface area contributed by atoms with E-state index in [4.69, 9.17) is 10.4 Å². The Morgan fingerprint density at radius 2 is 2.12 bits per heavy atom. The average Bonchev–Trinajstić information content (AvgIpc) is 2.23. The summed E-state index contributed by atoms with van der Waals surface area (Å²) in [5, 5.41) is 17.1. The van der Waals surface area contributed by atoms with Crippen LogP contribution in [0.2, 0.25) is 0 Å². The molecule has 6 heteroatoms. The Morgan fingerprint density at radius 1 is 1.44 bits per heavy atom. The Labute approximate surface area is 91.2 Å². The average molecular weight is 227 g/mol. The topological polar surface area (TPSA) is 65.2 Å². The first-order valence-electron chi connectivity index (χ1n) is 4.84. The summed E-state index contributed by atoms with van der Waals surface area (Å²) in [5.74, 6) is -0.877. The highest BCUT2D eigenvalue weighted by Gasteiger charge is 2.31. The van der Waals surface area contributed by atoms with Gasteiger partial charge in [0.15, 0.2) is 0 Å². The highest BCUT2D eigenvalue weighted by molar-refractivity contribution is 6.00. The van der Waals surface area contributed by atoms with Crippen molar-refractivity contribution < 1.29 is 24.8 Å². The first-order valence-corrected chi connectivity index (χ1v) is 4.84. The first-order chi connectivity index (χ1) is 7.52. The van der Waals surface area contributed by atoms with Crippen LogP contribution in [0.4, 0.5) is 10.1 Å². The van der Waals surface area contributed by atoms with Crippen LogP contribution in [0.3, 0.4) is 0 Å². The van der Waals surface area contributed by atoms with Gasteiger partial charge in [0.2, 0.25) is 5.69 Å². The summed E-state index contributed by atoms with van der Waals surface area (Å²) in [7, 11) is 1.59. The van der Waals surface area contributed by atoms with E-state index in [1.165, 1.54) is 11.0 Å². The molecule has 0 radical (unpaired) electrons. The molecule has 0 aromatic heterocycles. The van der Waals surface area contributed by atoms with Crippen LogP contribution in [0.25, 0.3) is 0 Å². The highest BCUT2D eigenvalue weighted by Crippen LogP contribution is 2.25. The number of quaternary nitrogens is 1. The van der Waals surface area contributed by atoms with Gasteiger partial charge in [-0.1, -0.05) is 0 Å². The molecule has 1 heterocycles. The van der Waals surface area contributed by atoms with Gasteiger partial charge in [0.05, 0.1) is 0 Å². The second-order valence-corrected chi connectivity index (χ2v) is 3.75. The van der Waals surface area contributed by atoms with Crippen LogP contribution in [0.5, 0.6) is 0 Å². The Morgan fingerprint density at radius 3 is 2.75 bits per heavy atom. The zero-order valence-corrected chi connectivity index (χ0v) is 8.70. The van der Waals surface area contributed by atoms with Crippen LogP contribution in [0, 0.1) is 5.82 Å². The van der Waals surface area contributed by atoms with Gasteiger partial charge in [-0.05, 0) is 17.7 Å². The molecule has 0 unspecified atom stereocenters. The zero-order chi connectivity index (χ0) is 11.9. The first kappa shape index (κ1) is 11.0. The molecule has 0 spiro atoms. The van der Waals surface area contributed by atoms with Gasteiger partial charge in [-0.2, -0.15) is 10.4 Å². The van der Waals surface area contributed by atoms with Crippen LogP contribution >= 0.6 is 0 Å². The number of nitrogens with zero attached hydrogens (tertiary/aromatic N) is 1. The molecule has 1 aromatic carbocycles. The molecule has 1 aromatic rings. The Bertz CT molecular complexity index is 448. The second-order valence-electron chi connectivity index (χ2n) is 3.75. The van der Waals surface area contributed by atoms with Crippen molar-refractivity contribution in [3.8, 4) is 0 Å². The molecule has 16 heavy (non-hydrogen) atoms. The molecule has 3 N–H and O–H groups in total. The minimum Gasteiger partial charge on any atom is -0.341 e. The van der Waals surface area contributed by atoms with E-state index in [0.29, 0.717) is 13.0 Å². The molecule has 1 aliphatic heterocycles. The van der Waals surface area contributed by atoms with Crippen LogP contribution in [0.1, 0.15) is 15.9 Å². The van der Waals surface area contributed by atoms with Crippen LogP contribution in [-0.2, 0) is 6.42 Å². The lowest BCUT2D eigenvalue weighted by molar-refractivity contribution is -1.19. The highest BCUT2D eigenvalue weighted by atomic mass is 19.1. The van der Waals surface area contributed by atoms with E-state index >= 15 is 0 Å². The van der Waals surface area contributed by atoms with E-state index in [9.17, 15) is 9.18 Å². The number of likely N-dealkylation sites (N-methyl/N-ethyl adjacent to an activating group) is 1. The number of carbonyl (C=O) groups excluding carboxylic acids is 1. The molecule has 0 bridgehead atoms. The van der Waals surface area contributed by atoms with Gasteiger partial charge in [0.25, 0.3) is 5.91 Å². The summed E-state index contributed by atoms with van der Waals surface area (Å²) < 4.78 is 13.5. The normalized spacial score (nSPS) is 15.6. The molecular weight excluding hydrogens is 215 g/mol. The maximum atomic E-state index is 13.5. The minimum atomic E-state index is -0.958. The van der Waals surface area contributed by atoms with Crippen LogP contribution in [-0.4, -0.2) is 34.8 Å². The third-order valence-corrected chi connectivity index (χ3v) is 2.75. The van der Waals surface area contributed by atoms with Crippen molar-refractivity contribution >= 4 is 11.6 Å². The smallest absolute Gasteiger partial charge is 0.260 e. The maximum absolute atomic E-state index is 13.5. The summed E-state index contributed by atoms with van der Waals surface area (Å²) in [6.45, 7) is 0.429. The summed E-state index contributed by atoms with van der Waals surface area (Å²) in [4.78, 5) is 13.2. The third kappa shape index (κ3) is 1.57. The van der Waals surface area contributed by atoms with E-state index in [1.54, 1.807) is 7.05 Å². The fraction of sp³-hybridized carbons (Fsp3) is 0.300. The molecule has 2 rings (SSSR count). The van der Waals surface area contributed by atoms with Crippen molar-refractivity contribution in [2.45, 2.75) is 6.42 Å². The number of halogens is 1. The van der Waals surface area contributed by atoms with Crippen molar-refractivity contribution in [1.29, 1.82) is 0 Å². The lowest BCUT2D eigenvalue weighted by Gasteiger charge is -2.25. The van der Waals surface area contributed by atoms with Gasteiger partial charge >= 0.3 is 0 Å². The fourth-order valence-corrected chi connectivity index (χ4v) is 1.87. The SMILES string of the molecule is CN1CCc2c(F)ccc([NH+](O)O)c2C1=O. The Hall–Kier alpha value is -1.50. The third-order valence-electron chi connectivity index (χ3n) is 2.75. The van der Waals surface area contributed by atoms with Gasteiger partial charge in [-0.15, -0.1) is 0 Å². The number of nitrogens with one attached hydrogen (secondary N) is 1. The summed E-state index contributed by atoms with van der Waals surface area (Å²) in [6.07, 6.45) is 0.379. The van der Waals surface area contributed by atoms with Crippen molar-refractivity contribution in [1.82, 2.24) is 4.90 Å². The molecule has 0 aliphatic carbocycles. The molecule has 0 saturated carbocycles. The summed E-state index contributed by atoms with van der Waals surface area (Å²) in [6, 6.07) is 2.33. The van der Waals surface area contributed by atoms with E-state index < -0.39 is 17.0 Å². The molecule has 0 saturated heterocycles. The number of hydrogen-bond acceptors (Lipinski definition) is 3. The number of carbonyl (C=O) groups is 1. The lowest BCUT2D eigenvalue weighted by Crippen LogP contribution is -3.02. The van der Waals surface area contributed by atoms with Gasteiger partial charge in [-0.25, -0.2) is 4.39 Å². The predicted molar refractivity (Wildman–Crippen MR) is 51.3 cm³/mol. The number of hydrogen-bond donors (Lipinski definition) is 3. The van der Waals surface area contributed by atoms with Crippen molar-refractivity contribution in [3.63, 3.8) is 0 Å². The number of benzene rings is 1. The molecular formula is C10H12FN2O3+. The van der Waals surface area contributed by atoms with Crippen molar-refractivity contribution in [2.75, 3.05) is 13.6 Å². The predicted octanol–water partition coefficient (Wildman–Crippen LogP) is -0.251. The fourth-order valence-electron chi connectivity index (χ4n) is 1.87. The molecule has 1 amide bonds. The number of rotatable bonds is 1. The van der Waals surface area contributed by atoms with Gasteiger partial charge in [-0.3, -0.25) is 4.79 Å². The van der Waals surface area contributed by atoms with Gasteiger partial charge < -0.3 is 4.90 Å². The molecule has 0 fully saturated rings. The molecule has 0 atom stereocenters. The summed E-state index contributed by atoms with van der Waals surface area (Å²) in [5.41, 5.74) is 0.280. The quantitative estimate of drug-likeness (QED) is 0.580. The molecule has 86 valence electrons. The lowest BCUT2D eigenvalue weighted by atomic mass is 9.97. The van der Waals surface area contributed by atoms with Gasteiger partial charge in [0.1, 0.15) is 11.4 Å². The standard InChI is InChI=1S/C10H11FN2O3/c1-12-5-4-6-7(11)2-3-8(13(15)16)9(6)10(12)14/h2-3,15-16H,4-5H2,1H3/p+1. The van der Waals surface area contributed by atoms with E-state index in [-0.39, 0.29) is 16.8 Å². The zero-order valence-electron chi connectivity index (χ0n) is 8.70. The van der Waals surface area contributed by atoms with Gasteiger partial charge in [0, 0.05) is 25.2 Å². The Balaban J connectivity index is 2.65. The Kier molecular flexibility index (Phi) is 2.63. The second kappa shape index (κ2) is 3.82. The van der Waals surface area contributed by atoms with E-state index in [1.807, 2.05) is 0 Å². The van der Waals surface area contributed by atoms with Crippen molar-refractivity contribution in [2.24, 2.45) is 0 Å². The van der Waals surface area contributed by atoms with E-state index in [2.05, 4.69) is 0 Å². The number of fused-ring (bicyclic) bond motifs is 1. The monoisotopic (exact) mass is 227 g/mol. The summed E-state index contributed by atoms with van der Waals surface area (Å²) >= 11 is 0.